The van der Waals surface area contributed by atoms with Crippen molar-refractivity contribution in [1.82, 2.24) is 20.3 Å². The van der Waals surface area contributed by atoms with Gasteiger partial charge in [0.2, 0.25) is 0 Å². The Balaban J connectivity index is 1.44. The normalized spacial score (nSPS) is 14.2. The van der Waals surface area contributed by atoms with Crippen LogP contribution in [0.3, 0.4) is 0 Å². The van der Waals surface area contributed by atoms with E-state index in [-0.39, 0.29) is 0 Å². The molecule has 6 heteroatoms. The highest BCUT2D eigenvalue weighted by molar-refractivity contribution is 7.16. The van der Waals surface area contributed by atoms with Crippen LogP contribution in [0.5, 0.6) is 0 Å². The molecule has 0 saturated heterocycles. The number of benzene rings is 1. The predicted molar refractivity (Wildman–Crippen MR) is 172 cm³/mol. The highest BCUT2D eigenvalue weighted by atomic mass is 32.1. The van der Waals surface area contributed by atoms with E-state index in [1.165, 1.54) is 24.1 Å². The van der Waals surface area contributed by atoms with Crippen LogP contribution < -0.4 is 10.6 Å². The standard InChI is InChI=1S/C34H37N5S/c1-7-23(17-27(8-2)37-22(5)24-10-9-11-24)25-12-13-29(35-6)26(16-25)18-33-38-30-20-36-19-28(34(30)39-33)32-15-14-31(40-32)21(3)4/h7-8,12-17,19-20,24,35,37H,2-3,5,9-11,18H2,1,4,6H3,(H,38,39)/b23-7+,27-17+. The van der Waals surface area contributed by atoms with Gasteiger partial charge < -0.3 is 15.6 Å². The number of aromatic nitrogens is 3. The zero-order valence-electron chi connectivity index (χ0n) is 23.6. The quantitative estimate of drug-likeness (QED) is 0.164. The molecule has 1 aliphatic rings. The summed E-state index contributed by atoms with van der Waals surface area (Å²) in [4.78, 5) is 15.3. The van der Waals surface area contributed by atoms with Crippen molar-refractivity contribution in [2.75, 3.05) is 12.4 Å². The third-order valence-corrected chi connectivity index (χ3v) is 8.83. The lowest BCUT2D eigenvalue weighted by Crippen LogP contribution is -2.23. The van der Waals surface area contributed by atoms with Crippen LogP contribution in [-0.4, -0.2) is 22.0 Å². The maximum absolute atomic E-state index is 5.03. The number of H-pyrrole nitrogens is 1. The molecule has 0 atom stereocenters. The zero-order chi connectivity index (χ0) is 28.2. The Kier molecular flexibility index (Phi) is 8.17. The first kappa shape index (κ1) is 27.4. The Morgan fingerprint density at radius 2 is 2.00 bits per heavy atom. The topological polar surface area (TPSA) is 65.6 Å². The SMILES string of the molecule is C=C/C(=C\C(=C/C)c1ccc(NC)c(Cc2nc3c(-c4ccc(C(=C)C)s4)cncc3[nH]2)c1)NC(=C)C1CCC1. The van der Waals surface area contributed by atoms with Crippen LogP contribution in [0.2, 0.25) is 0 Å². The number of hydrogen-bond donors (Lipinski definition) is 3. The van der Waals surface area contributed by atoms with Crippen LogP contribution in [0.25, 0.3) is 32.6 Å². The Morgan fingerprint density at radius 1 is 1.18 bits per heavy atom. The minimum atomic E-state index is 0.561. The Hall–Kier alpha value is -4.16. The van der Waals surface area contributed by atoms with E-state index in [4.69, 9.17) is 4.98 Å². The second-order valence-corrected chi connectivity index (χ2v) is 11.4. The summed E-state index contributed by atoms with van der Waals surface area (Å²) in [6, 6.07) is 10.8. The highest BCUT2D eigenvalue weighted by Crippen LogP contribution is 2.35. The molecule has 5 nitrogen and oxygen atoms in total. The van der Waals surface area contributed by atoms with Gasteiger partial charge in [-0.25, -0.2) is 4.98 Å². The molecule has 3 aromatic heterocycles. The van der Waals surface area contributed by atoms with Gasteiger partial charge in [0.25, 0.3) is 0 Å². The van der Waals surface area contributed by atoms with E-state index in [9.17, 15) is 0 Å². The maximum Gasteiger partial charge on any atom is 0.111 e. The summed E-state index contributed by atoms with van der Waals surface area (Å²) < 4.78 is 0. The van der Waals surface area contributed by atoms with Gasteiger partial charge >= 0.3 is 0 Å². The summed E-state index contributed by atoms with van der Waals surface area (Å²) in [6.07, 6.45) is 14.3. The van der Waals surface area contributed by atoms with Gasteiger partial charge in [0.05, 0.1) is 11.7 Å². The summed E-state index contributed by atoms with van der Waals surface area (Å²) in [6.45, 7) is 16.5. The molecule has 3 N–H and O–H groups in total. The number of allylic oxidation sites excluding steroid dienone is 6. The fourth-order valence-electron chi connectivity index (χ4n) is 4.99. The number of imidazole rings is 1. The smallest absolute Gasteiger partial charge is 0.111 e. The predicted octanol–water partition coefficient (Wildman–Crippen LogP) is 8.73. The lowest BCUT2D eigenvalue weighted by atomic mass is 9.83. The first-order chi connectivity index (χ1) is 19.4. The maximum atomic E-state index is 5.03. The summed E-state index contributed by atoms with van der Waals surface area (Å²) in [7, 11) is 1.96. The lowest BCUT2D eigenvalue weighted by molar-refractivity contribution is 0.356. The Morgan fingerprint density at radius 3 is 2.65 bits per heavy atom. The average Bonchev–Trinajstić information content (AvgIpc) is 3.57. The lowest BCUT2D eigenvalue weighted by Gasteiger charge is -2.28. The van der Waals surface area contributed by atoms with Crippen LogP contribution in [-0.2, 0) is 6.42 Å². The molecular formula is C34H37N5S. The minimum absolute atomic E-state index is 0.561. The molecule has 0 aliphatic heterocycles. The summed E-state index contributed by atoms with van der Waals surface area (Å²) in [5.74, 6) is 1.46. The van der Waals surface area contributed by atoms with Crippen molar-refractivity contribution in [3.05, 3.63) is 114 Å². The monoisotopic (exact) mass is 547 g/mol. The van der Waals surface area contributed by atoms with Gasteiger partial charge in [-0.2, -0.15) is 0 Å². The van der Waals surface area contributed by atoms with Crippen LogP contribution in [0.1, 0.15) is 54.9 Å². The van der Waals surface area contributed by atoms with E-state index < -0.39 is 0 Å². The van der Waals surface area contributed by atoms with Crippen LogP contribution in [0.4, 0.5) is 5.69 Å². The van der Waals surface area contributed by atoms with Crippen LogP contribution in [0, 0.1) is 5.92 Å². The minimum Gasteiger partial charge on any atom is -0.388 e. The molecule has 3 heterocycles. The van der Waals surface area contributed by atoms with Crippen molar-refractivity contribution in [1.29, 1.82) is 0 Å². The van der Waals surface area contributed by atoms with E-state index in [2.05, 4.69) is 89.7 Å². The number of nitrogens with one attached hydrogen (secondary N) is 3. The molecular weight excluding hydrogens is 510 g/mol. The largest absolute Gasteiger partial charge is 0.388 e. The van der Waals surface area contributed by atoms with Crippen LogP contribution >= 0.6 is 11.3 Å². The fraction of sp³-hybridized carbons (Fsp3) is 0.235. The summed E-state index contributed by atoms with van der Waals surface area (Å²) >= 11 is 1.72. The van der Waals surface area contributed by atoms with E-state index in [0.717, 1.165) is 66.7 Å². The van der Waals surface area contributed by atoms with Gasteiger partial charge in [-0.3, -0.25) is 4.98 Å². The third-order valence-electron chi connectivity index (χ3n) is 7.55. The summed E-state index contributed by atoms with van der Waals surface area (Å²) in [5, 5.41) is 6.84. The zero-order valence-corrected chi connectivity index (χ0v) is 24.4. The molecule has 0 spiro atoms. The molecule has 5 rings (SSSR count). The van der Waals surface area contributed by atoms with Gasteiger partial charge in [-0.05, 0) is 91.3 Å². The highest BCUT2D eigenvalue weighted by Gasteiger charge is 2.20. The van der Waals surface area contributed by atoms with Gasteiger partial charge in [0.15, 0.2) is 0 Å². The molecule has 0 amide bonds. The molecule has 4 aromatic rings. The van der Waals surface area contributed by atoms with E-state index in [1.54, 1.807) is 11.3 Å². The first-order valence-electron chi connectivity index (χ1n) is 13.8. The van der Waals surface area contributed by atoms with E-state index in [0.29, 0.717) is 12.3 Å². The van der Waals surface area contributed by atoms with Gasteiger partial charge in [0, 0.05) is 52.1 Å². The van der Waals surface area contributed by atoms with Crippen molar-refractivity contribution in [3.63, 3.8) is 0 Å². The average molecular weight is 548 g/mol. The number of pyridine rings is 1. The second-order valence-electron chi connectivity index (χ2n) is 10.3. The van der Waals surface area contributed by atoms with Crippen molar-refractivity contribution >= 4 is 39.2 Å². The van der Waals surface area contributed by atoms with E-state index >= 15 is 0 Å². The number of nitrogens with zero attached hydrogens (tertiary/aromatic N) is 2. The molecule has 1 fully saturated rings. The number of anilines is 1. The molecule has 1 aliphatic carbocycles. The fourth-order valence-corrected chi connectivity index (χ4v) is 5.94. The third kappa shape index (κ3) is 5.73. The molecule has 0 unspecified atom stereocenters. The molecule has 1 saturated carbocycles. The van der Waals surface area contributed by atoms with Crippen molar-refractivity contribution < 1.29 is 0 Å². The van der Waals surface area contributed by atoms with Crippen LogP contribution in [0.15, 0.2) is 92.1 Å². The number of thiophene rings is 1. The Bertz CT molecular complexity index is 1640. The van der Waals surface area contributed by atoms with E-state index in [1.807, 2.05) is 32.4 Å². The molecule has 0 bridgehead atoms. The van der Waals surface area contributed by atoms with Gasteiger partial charge in [-0.1, -0.05) is 38.3 Å². The van der Waals surface area contributed by atoms with Crippen molar-refractivity contribution in [2.45, 2.75) is 39.5 Å². The second kappa shape index (κ2) is 11.9. The van der Waals surface area contributed by atoms with Gasteiger partial charge in [0.1, 0.15) is 11.3 Å². The Labute approximate surface area is 241 Å². The van der Waals surface area contributed by atoms with Gasteiger partial charge in [-0.15, -0.1) is 11.3 Å². The summed E-state index contributed by atoms with van der Waals surface area (Å²) in [5.41, 5.74) is 10.5. The molecule has 204 valence electrons. The molecule has 1 aromatic carbocycles. The number of aromatic amines is 1. The number of fused-ring (bicyclic) bond motifs is 1. The first-order valence-corrected chi connectivity index (χ1v) is 14.6. The molecule has 0 radical (unpaired) electrons. The van der Waals surface area contributed by atoms with Crippen molar-refractivity contribution in [3.8, 4) is 10.4 Å². The number of rotatable bonds is 11. The molecule has 40 heavy (non-hydrogen) atoms. The number of hydrogen-bond acceptors (Lipinski definition) is 5. The van der Waals surface area contributed by atoms with Crippen molar-refractivity contribution in [2.24, 2.45) is 5.92 Å².